The lowest BCUT2D eigenvalue weighted by Crippen LogP contribution is -2.27. The summed E-state index contributed by atoms with van der Waals surface area (Å²) >= 11 is 1.78. The van der Waals surface area contributed by atoms with E-state index in [1.54, 1.807) is 11.8 Å². The van der Waals surface area contributed by atoms with Gasteiger partial charge in [-0.1, -0.05) is 44.2 Å². The van der Waals surface area contributed by atoms with E-state index in [1.807, 2.05) is 0 Å². The third kappa shape index (κ3) is 4.53. The Bertz CT molecular complexity index is 546. The van der Waals surface area contributed by atoms with Crippen LogP contribution in [0.2, 0.25) is 0 Å². The third-order valence-electron chi connectivity index (χ3n) is 3.87. The Hall–Kier alpha value is -1.41. The lowest BCUT2D eigenvalue weighted by molar-refractivity contribution is 0.450. The van der Waals surface area contributed by atoms with Crippen LogP contribution in [0.15, 0.2) is 59.5 Å². The maximum absolute atomic E-state index is 3.61. The topological polar surface area (TPSA) is 12.0 Å². The number of thioether (sulfide) groups is 1. The second-order valence-corrected chi connectivity index (χ2v) is 7.11. The maximum Gasteiger partial charge on any atom is 0.0342 e. The van der Waals surface area contributed by atoms with Crippen molar-refractivity contribution in [2.24, 2.45) is 0 Å². The fourth-order valence-electron chi connectivity index (χ4n) is 2.80. The summed E-state index contributed by atoms with van der Waals surface area (Å²) in [6.45, 7) is 6.89. The first-order valence-electron chi connectivity index (χ1n) is 7.47. The molecule has 2 rings (SSSR count). The molecule has 2 aromatic carbocycles. The molecule has 0 spiro atoms. The summed E-state index contributed by atoms with van der Waals surface area (Å²) in [5.41, 5.74) is 2.77. The number of anilines is 1. The van der Waals surface area contributed by atoms with E-state index in [9.17, 15) is 0 Å². The third-order valence-corrected chi connectivity index (χ3v) is 4.62. The van der Waals surface area contributed by atoms with Gasteiger partial charge in [0.2, 0.25) is 0 Å². The minimum atomic E-state index is 0.173. The van der Waals surface area contributed by atoms with Crippen molar-refractivity contribution in [3.8, 4) is 0 Å². The zero-order valence-corrected chi connectivity index (χ0v) is 14.2. The highest BCUT2D eigenvalue weighted by Gasteiger charge is 2.23. The van der Waals surface area contributed by atoms with Crippen LogP contribution in [0.25, 0.3) is 0 Å². The predicted molar refractivity (Wildman–Crippen MR) is 95.4 cm³/mol. The van der Waals surface area contributed by atoms with E-state index in [4.69, 9.17) is 0 Å². The van der Waals surface area contributed by atoms with Gasteiger partial charge in [-0.15, -0.1) is 11.8 Å². The van der Waals surface area contributed by atoms with E-state index in [-0.39, 0.29) is 5.41 Å². The summed E-state index contributed by atoms with van der Waals surface area (Å²) in [6.07, 6.45) is 3.20. The summed E-state index contributed by atoms with van der Waals surface area (Å²) in [5, 5.41) is 3.61. The van der Waals surface area contributed by atoms with Gasteiger partial charge in [0, 0.05) is 16.6 Å². The fraction of sp³-hybridized carbons (Fsp3) is 0.368. The summed E-state index contributed by atoms with van der Waals surface area (Å²) in [6, 6.07) is 19.9. The van der Waals surface area contributed by atoms with Crippen LogP contribution >= 0.6 is 11.8 Å². The van der Waals surface area contributed by atoms with E-state index < -0.39 is 0 Å². The van der Waals surface area contributed by atoms with Crippen LogP contribution in [-0.4, -0.2) is 12.3 Å². The molecule has 0 fully saturated rings. The molecule has 1 N–H and O–H groups in total. The van der Waals surface area contributed by atoms with Gasteiger partial charge in [0.25, 0.3) is 0 Å². The zero-order valence-electron chi connectivity index (χ0n) is 13.4. The van der Waals surface area contributed by atoms with Crippen molar-refractivity contribution in [3.63, 3.8) is 0 Å². The van der Waals surface area contributed by atoms with Crippen LogP contribution in [0.4, 0.5) is 5.69 Å². The highest BCUT2D eigenvalue weighted by Crippen LogP contribution is 2.29. The molecule has 1 unspecified atom stereocenters. The molecular formula is C19H25NS. The molecule has 0 aliphatic heterocycles. The Labute approximate surface area is 133 Å². The van der Waals surface area contributed by atoms with Crippen molar-refractivity contribution < 1.29 is 0 Å². The van der Waals surface area contributed by atoms with Gasteiger partial charge in [0.05, 0.1) is 0 Å². The van der Waals surface area contributed by atoms with Crippen molar-refractivity contribution in [2.45, 2.75) is 43.5 Å². The van der Waals surface area contributed by atoms with Gasteiger partial charge in [0.1, 0.15) is 0 Å². The summed E-state index contributed by atoms with van der Waals surface area (Å²) in [5.74, 6) is 0. The van der Waals surface area contributed by atoms with Crippen LogP contribution < -0.4 is 5.32 Å². The second-order valence-electron chi connectivity index (χ2n) is 6.23. The maximum atomic E-state index is 3.61. The molecule has 0 bridgehead atoms. The van der Waals surface area contributed by atoms with Crippen LogP contribution in [0, 0.1) is 0 Å². The molecule has 21 heavy (non-hydrogen) atoms. The normalized spacial score (nSPS) is 13.0. The summed E-state index contributed by atoms with van der Waals surface area (Å²) in [4.78, 5) is 1.30. The number of rotatable bonds is 6. The number of hydrogen-bond donors (Lipinski definition) is 1. The smallest absolute Gasteiger partial charge is 0.0342 e. The number of benzene rings is 2. The van der Waals surface area contributed by atoms with E-state index in [2.05, 4.69) is 86.9 Å². The zero-order chi connectivity index (χ0) is 15.3. The molecule has 0 aliphatic carbocycles. The van der Waals surface area contributed by atoms with Crippen LogP contribution in [-0.2, 0) is 5.41 Å². The minimum absolute atomic E-state index is 0.173. The largest absolute Gasteiger partial charge is 0.383 e. The molecule has 1 nitrogen and oxygen atoms in total. The lowest BCUT2D eigenvalue weighted by atomic mass is 9.79. The van der Waals surface area contributed by atoms with Crippen molar-refractivity contribution >= 4 is 17.4 Å². The SMILES string of the molecule is CSc1ccc(NC(C)CC(C)(C)c2ccccc2)cc1. The number of hydrogen-bond acceptors (Lipinski definition) is 2. The lowest BCUT2D eigenvalue weighted by Gasteiger charge is -2.29. The Kier molecular flexibility index (Phi) is 5.35. The molecule has 0 heterocycles. The van der Waals surface area contributed by atoms with Gasteiger partial charge in [-0.3, -0.25) is 0 Å². The van der Waals surface area contributed by atoms with Crippen LogP contribution in [0.3, 0.4) is 0 Å². The summed E-state index contributed by atoms with van der Waals surface area (Å²) < 4.78 is 0. The molecule has 0 aliphatic rings. The average molecular weight is 299 g/mol. The van der Waals surface area contributed by atoms with E-state index in [0.29, 0.717) is 6.04 Å². The van der Waals surface area contributed by atoms with E-state index in [0.717, 1.165) is 6.42 Å². The standard InChI is InChI=1S/C19H25NS/c1-15(20-17-10-12-18(21-4)13-11-17)14-19(2,3)16-8-6-5-7-9-16/h5-13,15,20H,14H2,1-4H3. The molecule has 1 atom stereocenters. The monoisotopic (exact) mass is 299 g/mol. The van der Waals surface area contributed by atoms with Crippen molar-refractivity contribution in [1.82, 2.24) is 0 Å². The first-order valence-corrected chi connectivity index (χ1v) is 8.70. The first-order chi connectivity index (χ1) is 10.0. The highest BCUT2D eigenvalue weighted by atomic mass is 32.2. The van der Waals surface area contributed by atoms with Gasteiger partial charge >= 0.3 is 0 Å². The van der Waals surface area contributed by atoms with Gasteiger partial charge in [-0.05, 0) is 54.8 Å². The summed E-state index contributed by atoms with van der Waals surface area (Å²) in [7, 11) is 0. The van der Waals surface area contributed by atoms with E-state index >= 15 is 0 Å². The molecule has 0 radical (unpaired) electrons. The molecule has 2 heteroatoms. The molecule has 112 valence electrons. The van der Waals surface area contributed by atoms with Gasteiger partial charge < -0.3 is 5.32 Å². The van der Waals surface area contributed by atoms with Crippen LogP contribution in [0.5, 0.6) is 0 Å². The number of nitrogens with one attached hydrogen (secondary N) is 1. The predicted octanol–water partition coefficient (Wildman–Crippen LogP) is 5.58. The Balaban J connectivity index is 1.98. The van der Waals surface area contributed by atoms with Gasteiger partial charge in [0.15, 0.2) is 0 Å². The van der Waals surface area contributed by atoms with Crippen LogP contribution in [0.1, 0.15) is 32.8 Å². The van der Waals surface area contributed by atoms with Crippen molar-refractivity contribution in [1.29, 1.82) is 0 Å². The fourth-order valence-corrected chi connectivity index (χ4v) is 3.20. The molecule has 0 amide bonds. The first kappa shape index (κ1) is 16.0. The minimum Gasteiger partial charge on any atom is -0.383 e. The highest BCUT2D eigenvalue weighted by molar-refractivity contribution is 7.98. The van der Waals surface area contributed by atoms with Gasteiger partial charge in [-0.2, -0.15) is 0 Å². The second kappa shape index (κ2) is 7.04. The molecule has 2 aromatic rings. The quantitative estimate of drug-likeness (QED) is 0.699. The van der Waals surface area contributed by atoms with E-state index in [1.165, 1.54) is 16.1 Å². The molecular weight excluding hydrogens is 274 g/mol. The molecule has 0 saturated carbocycles. The Morgan fingerprint density at radius 3 is 2.19 bits per heavy atom. The Morgan fingerprint density at radius 2 is 1.62 bits per heavy atom. The molecule has 0 aromatic heterocycles. The van der Waals surface area contributed by atoms with Crippen molar-refractivity contribution in [3.05, 3.63) is 60.2 Å². The van der Waals surface area contributed by atoms with Crippen molar-refractivity contribution in [2.75, 3.05) is 11.6 Å². The average Bonchev–Trinajstić information content (AvgIpc) is 2.48. The molecule has 0 saturated heterocycles. The Morgan fingerprint density at radius 1 is 1.00 bits per heavy atom. The van der Waals surface area contributed by atoms with Gasteiger partial charge in [-0.25, -0.2) is 0 Å².